The Kier molecular flexibility index (Phi) is 8.18. The maximum atomic E-state index is 12.9. The van der Waals surface area contributed by atoms with E-state index in [2.05, 4.69) is 0 Å². The quantitative estimate of drug-likeness (QED) is 0.259. The molecule has 2 aliphatic rings. The van der Waals surface area contributed by atoms with E-state index in [4.69, 9.17) is 4.74 Å². The van der Waals surface area contributed by atoms with Gasteiger partial charge in [0.2, 0.25) is 0 Å². The van der Waals surface area contributed by atoms with Gasteiger partial charge in [0.15, 0.2) is 5.78 Å². The lowest BCUT2D eigenvalue weighted by molar-refractivity contribution is -0.141. The molecule has 0 atom stereocenters. The fraction of sp³-hybridized carbons (Fsp3) is 0.818. The Balaban J connectivity index is 2.38. The minimum absolute atomic E-state index is 0.0140. The summed E-state index contributed by atoms with van der Waals surface area (Å²) in [6.07, 6.45) is 12.3. The van der Waals surface area contributed by atoms with E-state index in [0.717, 1.165) is 25.7 Å². The minimum Gasteiger partial charge on any atom is -0.462 e. The summed E-state index contributed by atoms with van der Waals surface area (Å²) in [6.45, 7) is 6.31. The topological polar surface area (TPSA) is 43.4 Å². The van der Waals surface area contributed by atoms with Crippen molar-refractivity contribution in [1.29, 1.82) is 0 Å². The van der Waals surface area contributed by atoms with E-state index in [1.807, 2.05) is 20.8 Å². The first-order valence-corrected chi connectivity index (χ1v) is 10.5. The highest BCUT2D eigenvalue weighted by Gasteiger charge is 2.33. The molecule has 25 heavy (non-hydrogen) atoms. The van der Waals surface area contributed by atoms with Crippen LogP contribution in [0.4, 0.5) is 0 Å². The third-order valence-corrected chi connectivity index (χ3v) is 5.73. The summed E-state index contributed by atoms with van der Waals surface area (Å²) in [6, 6.07) is 0. The number of allylic oxidation sites excluding steroid dienone is 1. The van der Waals surface area contributed by atoms with E-state index in [0.29, 0.717) is 30.4 Å². The van der Waals surface area contributed by atoms with Crippen molar-refractivity contribution in [3.63, 3.8) is 0 Å². The normalized spacial score (nSPS) is 19.7. The first-order valence-electron chi connectivity index (χ1n) is 10.5. The van der Waals surface area contributed by atoms with Gasteiger partial charge in [-0.15, -0.1) is 0 Å². The maximum Gasteiger partial charge on any atom is 0.341 e. The first kappa shape index (κ1) is 20.2. The third-order valence-electron chi connectivity index (χ3n) is 5.73. The Hall–Kier alpha value is -1.12. The van der Waals surface area contributed by atoms with Crippen LogP contribution in [0.25, 0.3) is 0 Å². The fourth-order valence-corrected chi connectivity index (χ4v) is 4.45. The van der Waals surface area contributed by atoms with Crippen LogP contribution in [-0.4, -0.2) is 18.4 Å². The molecular formula is C22H36O3. The highest BCUT2D eigenvalue weighted by molar-refractivity contribution is 6.18. The number of esters is 1. The Morgan fingerprint density at radius 1 is 0.880 bits per heavy atom. The average Bonchev–Trinajstić information content (AvgIpc) is 2.64. The summed E-state index contributed by atoms with van der Waals surface area (Å²) in [5, 5.41) is 0. The molecule has 0 aromatic heterocycles. The number of Topliss-reactive ketones (excluding diaryl/α,β-unsaturated/α-hetero) is 1. The predicted molar refractivity (Wildman–Crippen MR) is 101 cm³/mol. The third kappa shape index (κ3) is 5.69. The van der Waals surface area contributed by atoms with Crippen molar-refractivity contribution in [2.24, 2.45) is 17.8 Å². The number of carbonyl (C=O) groups is 2. The molecule has 2 aliphatic carbocycles. The Morgan fingerprint density at radius 2 is 1.36 bits per heavy atom. The van der Waals surface area contributed by atoms with Gasteiger partial charge in [0, 0.05) is 6.42 Å². The van der Waals surface area contributed by atoms with Gasteiger partial charge in [0.05, 0.1) is 6.61 Å². The molecule has 3 heteroatoms. The van der Waals surface area contributed by atoms with E-state index in [1.54, 1.807) is 0 Å². The molecule has 0 saturated heterocycles. The number of rotatable bonds is 7. The lowest BCUT2D eigenvalue weighted by atomic mass is 9.71. The lowest BCUT2D eigenvalue weighted by Gasteiger charge is -2.34. The highest BCUT2D eigenvalue weighted by atomic mass is 16.5. The van der Waals surface area contributed by atoms with Crippen molar-refractivity contribution in [3.05, 3.63) is 11.1 Å². The smallest absolute Gasteiger partial charge is 0.341 e. The van der Waals surface area contributed by atoms with Gasteiger partial charge in [-0.2, -0.15) is 0 Å². The van der Waals surface area contributed by atoms with Crippen LogP contribution in [0.5, 0.6) is 0 Å². The van der Waals surface area contributed by atoms with Crippen LogP contribution in [0.2, 0.25) is 0 Å². The number of ketones is 1. The maximum absolute atomic E-state index is 12.9. The molecule has 0 aromatic carbocycles. The number of carbonyl (C=O) groups excluding carboxylic acids is 2. The Bertz CT molecular complexity index is 458. The summed E-state index contributed by atoms with van der Waals surface area (Å²) in [5.41, 5.74) is 1.61. The largest absolute Gasteiger partial charge is 0.462 e. The standard InChI is InChI=1S/C22H36O3/c1-4-19(23)21(22(24)25-15-16(2)3)20(17-11-7-5-8-12-17)18-13-9-6-10-14-18/h16-18H,4-15H2,1-3H3. The van der Waals surface area contributed by atoms with E-state index < -0.39 is 0 Å². The molecule has 2 rings (SSSR count). The summed E-state index contributed by atoms with van der Waals surface area (Å²) in [7, 11) is 0. The molecule has 2 saturated carbocycles. The summed E-state index contributed by atoms with van der Waals surface area (Å²) < 4.78 is 5.53. The second-order valence-electron chi connectivity index (χ2n) is 8.27. The van der Waals surface area contributed by atoms with Crippen LogP contribution in [0.3, 0.4) is 0 Å². The van der Waals surface area contributed by atoms with E-state index in [1.165, 1.54) is 44.1 Å². The Morgan fingerprint density at radius 3 is 1.76 bits per heavy atom. The van der Waals surface area contributed by atoms with Crippen molar-refractivity contribution in [2.45, 2.75) is 91.4 Å². The van der Waals surface area contributed by atoms with Crippen LogP contribution in [-0.2, 0) is 14.3 Å². The molecule has 3 nitrogen and oxygen atoms in total. The summed E-state index contributed by atoms with van der Waals surface area (Å²) in [4.78, 5) is 25.6. The molecule has 0 heterocycles. The zero-order valence-corrected chi connectivity index (χ0v) is 16.4. The molecule has 0 aliphatic heterocycles. The SMILES string of the molecule is CCC(=O)C(C(=O)OCC(C)C)=C(C1CCCCC1)C1CCCCC1. The average molecular weight is 349 g/mol. The monoisotopic (exact) mass is 348 g/mol. The molecule has 0 N–H and O–H groups in total. The number of hydrogen-bond donors (Lipinski definition) is 0. The van der Waals surface area contributed by atoms with Gasteiger partial charge in [0.25, 0.3) is 0 Å². The van der Waals surface area contributed by atoms with Gasteiger partial charge < -0.3 is 4.74 Å². The van der Waals surface area contributed by atoms with Gasteiger partial charge in [-0.3, -0.25) is 4.79 Å². The molecule has 0 bridgehead atoms. The first-order chi connectivity index (χ1) is 12.0. The zero-order chi connectivity index (χ0) is 18.2. The van der Waals surface area contributed by atoms with E-state index in [9.17, 15) is 9.59 Å². The molecule has 0 amide bonds. The van der Waals surface area contributed by atoms with Gasteiger partial charge in [-0.05, 0) is 49.0 Å². The molecule has 0 spiro atoms. The summed E-state index contributed by atoms with van der Waals surface area (Å²) in [5.74, 6) is 0.740. The zero-order valence-electron chi connectivity index (χ0n) is 16.4. The highest BCUT2D eigenvalue weighted by Crippen LogP contribution is 2.41. The van der Waals surface area contributed by atoms with Gasteiger partial charge in [-0.1, -0.05) is 59.3 Å². The van der Waals surface area contributed by atoms with E-state index >= 15 is 0 Å². The second kappa shape index (κ2) is 10.1. The predicted octanol–water partition coefficient (Wildman–Crippen LogP) is 5.62. The van der Waals surface area contributed by atoms with Gasteiger partial charge in [-0.25, -0.2) is 4.79 Å². The van der Waals surface area contributed by atoms with Crippen LogP contribution in [0, 0.1) is 17.8 Å². The van der Waals surface area contributed by atoms with Crippen molar-refractivity contribution >= 4 is 11.8 Å². The van der Waals surface area contributed by atoms with Gasteiger partial charge in [0.1, 0.15) is 5.57 Å². The molecule has 0 unspecified atom stereocenters. The molecule has 2 fully saturated rings. The van der Waals surface area contributed by atoms with Crippen LogP contribution in [0.15, 0.2) is 11.1 Å². The molecule has 0 aromatic rings. The van der Waals surface area contributed by atoms with Crippen LogP contribution >= 0.6 is 0 Å². The van der Waals surface area contributed by atoms with Crippen molar-refractivity contribution in [2.75, 3.05) is 6.61 Å². The number of ether oxygens (including phenoxy) is 1. The molecule has 142 valence electrons. The van der Waals surface area contributed by atoms with Gasteiger partial charge >= 0.3 is 5.97 Å². The van der Waals surface area contributed by atoms with Crippen molar-refractivity contribution < 1.29 is 14.3 Å². The minimum atomic E-state index is -0.355. The van der Waals surface area contributed by atoms with Crippen molar-refractivity contribution in [1.82, 2.24) is 0 Å². The Labute approximate surface area is 153 Å². The molecular weight excluding hydrogens is 312 g/mol. The second-order valence-corrected chi connectivity index (χ2v) is 8.27. The molecule has 0 radical (unpaired) electrons. The fourth-order valence-electron chi connectivity index (χ4n) is 4.45. The lowest BCUT2D eigenvalue weighted by Crippen LogP contribution is -2.27. The van der Waals surface area contributed by atoms with Crippen LogP contribution in [0.1, 0.15) is 91.4 Å². The van der Waals surface area contributed by atoms with Crippen molar-refractivity contribution in [3.8, 4) is 0 Å². The van der Waals surface area contributed by atoms with Crippen LogP contribution < -0.4 is 0 Å². The number of hydrogen-bond acceptors (Lipinski definition) is 3. The van der Waals surface area contributed by atoms with E-state index in [-0.39, 0.29) is 17.7 Å². The summed E-state index contributed by atoms with van der Waals surface area (Å²) >= 11 is 0.